The van der Waals surface area contributed by atoms with Gasteiger partial charge in [0.2, 0.25) is 0 Å². The molecule has 20 heavy (non-hydrogen) atoms. The molecule has 112 valence electrons. The van der Waals surface area contributed by atoms with Crippen molar-refractivity contribution in [1.29, 1.82) is 0 Å². The number of hydrogen-bond acceptors (Lipinski definition) is 1. The van der Waals surface area contributed by atoms with E-state index in [9.17, 15) is 4.39 Å². The van der Waals surface area contributed by atoms with Gasteiger partial charge in [-0.2, -0.15) is 0 Å². The Kier molecular flexibility index (Phi) is 5.61. The van der Waals surface area contributed by atoms with Crippen LogP contribution in [0.1, 0.15) is 26.7 Å². The van der Waals surface area contributed by atoms with Crippen LogP contribution in [0.2, 0.25) is 0 Å². The van der Waals surface area contributed by atoms with Gasteiger partial charge in [0.25, 0.3) is 0 Å². The maximum absolute atomic E-state index is 14.3. The molecule has 0 amide bonds. The Hall–Kier alpha value is -0.420. The Bertz CT molecular complexity index is 473. The molecule has 2 rings (SSSR count). The van der Waals surface area contributed by atoms with Crippen molar-refractivity contribution in [2.45, 2.75) is 32.8 Å². The molecule has 0 spiro atoms. The van der Waals surface area contributed by atoms with E-state index in [1.165, 1.54) is 5.57 Å². The van der Waals surface area contributed by atoms with Crippen molar-refractivity contribution in [3.8, 4) is 0 Å². The molecule has 0 aromatic heterocycles. The van der Waals surface area contributed by atoms with Crippen LogP contribution in [-0.4, -0.2) is 16.0 Å². The molecular weight excluding hydrogens is 366 g/mol. The first-order chi connectivity index (χ1) is 9.49. The molecule has 2 aliphatic rings. The number of allylic oxidation sites excluding steroid dienone is 6. The summed E-state index contributed by atoms with van der Waals surface area (Å²) in [6, 6.07) is 0. The Balaban J connectivity index is 2.28. The van der Waals surface area contributed by atoms with Crippen molar-refractivity contribution in [2.24, 2.45) is 11.8 Å². The summed E-state index contributed by atoms with van der Waals surface area (Å²) in [7, 11) is 0. The molecule has 0 saturated heterocycles. The van der Waals surface area contributed by atoms with Crippen LogP contribution in [0, 0.1) is 11.8 Å². The zero-order valence-electron chi connectivity index (χ0n) is 12.7. The summed E-state index contributed by atoms with van der Waals surface area (Å²) >= 11 is -1.39. The number of halogens is 2. The van der Waals surface area contributed by atoms with E-state index in [1.807, 2.05) is 6.08 Å². The summed E-state index contributed by atoms with van der Waals surface area (Å²) < 4.78 is 20.6. The summed E-state index contributed by atoms with van der Waals surface area (Å²) in [5.74, 6) is 0.431. The maximum atomic E-state index is 14.3. The summed E-state index contributed by atoms with van der Waals surface area (Å²) in [4.78, 5) is 4.35. The van der Waals surface area contributed by atoms with Crippen molar-refractivity contribution >= 4 is 20.2 Å². The van der Waals surface area contributed by atoms with Crippen LogP contribution >= 0.6 is 20.2 Å². The van der Waals surface area contributed by atoms with Gasteiger partial charge in [-0.15, -0.1) is 0 Å². The molecule has 0 aliphatic heterocycles. The Morgan fingerprint density at radius 2 is 2.05 bits per heavy atom. The van der Waals surface area contributed by atoms with Crippen LogP contribution in [0.3, 0.4) is 0 Å². The van der Waals surface area contributed by atoms with E-state index < -0.39 is 20.2 Å². The van der Waals surface area contributed by atoms with E-state index in [1.54, 1.807) is 6.08 Å². The molecule has 0 radical (unpaired) electrons. The standard InChI is InChI=1S/C17H24FIO/c1-12-8-10-14(11-9-12)17(20-19(3)4)16-13(2)6-5-7-15(16)18/h5,7-10,13-14,17H,6,11H2,1-4H3/t13-,14-,17-/m1/s1. The van der Waals surface area contributed by atoms with E-state index in [4.69, 9.17) is 3.07 Å². The summed E-state index contributed by atoms with van der Waals surface area (Å²) in [5.41, 5.74) is 2.16. The van der Waals surface area contributed by atoms with E-state index in [2.05, 4.69) is 41.9 Å². The van der Waals surface area contributed by atoms with Crippen molar-refractivity contribution < 1.29 is 7.46 Å². The van der Waals surface area contributed by atoms with Gasteiger partial charge in [-0.3, -0.25) is 0 Å². The third-order valence-corrected chi connectivity index (χ3v) is 5.41. The van der Waals surface area contributed by atoms with Gasteiger partial charge >= 0.3 is 130 Å². The minimum absolute atomic E-state index is 0.0776. The fourth-order valence-corrected chi connectivity index (χ4v) is 4.50. The molecule has 2 aliphatic carbocycles. The number of rotatable bonds is 4. The molecule has 0 N–H and O–H groups in total. The van der Waals surface area contributed by atoms with Gasteiger partial charge < -0.3 is 0 Å². The molecule has 0 heterocycles. The fraction of sp³-hybridized carbons (Fsp3) is 0.529. The van der Waals surface area contributed by atoms with Crippen LogP contribution < -0.4 is 0 Å². The average molecular weight is 390 g/mol. The Morgan fingerprint density at radius 1 is 1.30 bits per heavy atom. The SMILES string of the molecule is CC1=CC[C@H]([C@@H](OI(C)C)C2=C(F)C=CC[C@H]2C)C=C1. The number of hydrogen-bond donors (Lipinski definition) is 0. The van der Waals surface area contributed by atoms with E-state index >= 15 is 0 Å². The molecular formula is C17H24FIO. The molecule has 3 atom stereocenters. The van der Waals surface area contributed by atoms with E-state index in [-0.39, 0.29) is 23.8 Å². The molecule has 0 aromatic carbocycles. The monoisotopic (exact) mass is 390 g/mol. The zero-order chi connectivity index (χ0) is 14.7. The predicted molar refractivity (Wildman–Crippen MR) is 92.8 cm³/mol. The molecule has 0 aromatic rings. The number of alkyl halides is 2. The van der Waals surface area contributed by atoms with E-state index in [0.717, 1.165) is 18.4 Å². The van der Waals surface area contributed by atoms with Crippen molar-refractivity contribution in [3.05, 3.63) is 47.4 Å². The van der Waals surface area contributed by atoms with Gasteiger partial charge in [0.1, 0.15) is 0 Å². The average Bonchev–Trinajstić information content (AvgIpc) is 2.38. The van der Waals surface area contributed by atoms with Crippen molar-refractivity contribution in [2.75, 3.05) is 9.86 Å². The van der Waals surface area contributed by atoms with Crippen LogP contribution in [0.5, 0.6) is 0 Å². The summed E-state index contributed by atoms with van der Waals surface area (Å²) in [5, 5.41) is 0. The predicted octanol–water partition coefficient (Wildman–Crippen LogP) is 5.39. The van der Waals surface area contributed by atoms with Gasteiger partial charge in [-0.1, -0.05) is 0 Å². The quantitative estimate of drug-likeness (QED) is 0.462. The van der Waals surface area contributed by atoms with E-state index in [0.29, 0.717) is 0 Å². The minimum atomic E-state index is -1.39. The third-order valence-electron chi connectivity index (χ3n) is 3.85. The van der Waals surface area contributed by atoms with Crippen LogP contribution in [-0.2, 0) is 3.07 Å². The Labute approximate surface area is 129 Å². The first kappa shape index (κ1) is 16.0. The van der Waals surface area contributed by atoms with Crippen molar-refractivity contribution in [3.63, 3.8) is 0 Å². The van der Waals surface area contributed by atoms with Gasteiger partial charge in [0.05, 0.1) is 0 Å². The normalized spacial score (nSPS) is 28.4. The molecule has 0 fully saturated rings. The molecule has 3 heteroatoms. The first-order valence-corrected chi connectivity index (χ1v) is 12.3. The second kappa shape index (κ2) is 7.03. The topological polar surface area (TPSA) is 9.23 Å². The first-order valence-electron chi connectivity index (χ1n) is 7.07. The summed E-state index contributed by atoms with van der Waals surface area (Å²) in [6.45, 7) is 4.21. The van der Waals surface area contributed by atoms with Gasteiger partial charge in [0, 0.05) is 0 Å². The van der Waals surface area contributed by atoms with Crippen molar-refractivity contribution in [1.82, 2.24) is 0 Å². The molecule has 0 unspecified atom stereocenters. The van der Waals surface area contributed by atoms with Crippen LogP contribution in [0.4, 0.5) is 4.39 Å². The van der Waals surface area contributed by atoms with Gasteiger partial charge in [-0.05, 0) is 0 Å². The van der Waals surface area contributed by atoms with Crippen LogP contribution in [0.25, 0.3) is 0 Å². The third kappa shape index (κ3) is 3.82. The van der Waals surface area contributed by atoms with Crippen LogP contribution in [0.15, 0.2) is 47.4 Å². The van der Waals surface area contributed by atoms with Gasteiger partial charge in [0.15, 0.2) is 0 Å². The van der Waals surface area contributed by atoms with Gasteiger partial charge in [-0.25, -0.2) is 0 Å². The molecule has 0 bridgehead atoms. The second-order valence-corrected chi connectivity index (χ2v) is 10.2. The second-order valence-electron chi connectivity index (χ2n) is 5.75. The summed E-state index contributed by atoms with van der Waals surface area (Å²) in [6.07, 6.45) is 11.9. The Morgan fingerprint density at radius 3 is 2.60 bits per heavy atom. The molecule has 0 saturated carbocycles. The fourth-order valence-electron chi connectivity index (χ4n) is 2.76. The zero-order valence-corrected chi connectivity index (χ0v) is 14.9. The molecule has 1 nitrogen and oxygen atoms in total.